The predicted octanol–water partition coefficient (Wildman–Crippen LogP) is 2.64. The van der Waals surface area contributed by atoms with Gasteiger partial charge in [0.25, 0.3) is 5.91 Å². The molecule has 0 aromatic carbocycles. The van der Waals surface area contributed by atoms with Gasteiger partial charge in [-0.1, -0.05) is 6.42 Å². The number of rotatable bonds is 4. The Hall–Kier alpha value is -1.62. The molecule has 0 radical (unpaired) electrons. The van der Waals surface area contributed by atoms with Gasteiger partial charge in [-0.15, -0.1) is 0 Å². The van der Waals surface area contributed by atoms with E-state index in [2.05, 4.69) is 4.98 Å². The summed E-state index contributed by atoms with van der Waals surface area (Å²) in [6, 6.07) is 3.53. The van der Waals surface area contributed by atoms with Gasteiger partial charge in [0.05, 0.1) is 0 Å². The predicted molar refractivity (Wildman–Crippen MR) is 87.5 cm³/mol. The summed E-state index contributed by atoms with van der Waals surface area (Å²) in [6.07, 6.45) is 9.51. The number of pyridine rings is 1. The van der Waals surface area contributed by atoms with Crippen molar-refractivity contribution in [3.05, 3.63) is 23.9 Å². The third kappa shape index (κ3) is 4.22. The van der Waals surface area contributed by atoms with Crippen LogP contribution in [0.4, 0.5) is 0 Å². The summed E-state index contributed by atoms with van der Waals surface area (Å²) in [7, 11) is 0. The van der Waals surface area contributed by atoms with Gasteiger partial charge in [-0.05, 0) is 50.5 Å². The number of aliphatic hydroxyl groups is 1. The second-order valence-electron chi connectivity index (χ2n) is 6.68. The van der Waals surface area contributed by atoms with E-state index in [0.29, 0.717) is 30.5 Å². The third-order valence-electron chi connectivity index (χ3n) is 4.98. The molecule has 1 aromatic heterocycles. The lowest BCUT2D eigenvalue weighted by Crippen LogP contribution is -2.39. The summed E-state index contributed by atoms with van der Waals surface area (Å²) in [4.78, 5) is 18.7. The van der Waals surface area contributed by atoms with Crippen molar-refractivity contribution in [2.24, 2.45) is 5.92 Å². The van der Waals surface area contributed by atoms with Crippen LogP contribution in [0.15, 0.2) is 18.3 Å². The highest BCUT2D eigenvalue weighted by atomic mass is 16.5. The van der Waals surface area contributed by atoms with Crippen LogP contribution in [0.5, 0.6) is 5.88 Å². The standard InChI is InChI=1S/C18H26N2O3/c21-13-14-7-10-20(11-8-14)18(22)15-6-9-19-17(12-15)23-16-4-2-1-3-5-16/h6,9,12,14,16,21H,1-5,7-8,10-11,13H2. The number of aromatic nitrogens is 1. The zero-order valence-electron chi connectivity index (χ0n) is 13.6. The fourth-order valence-electron chi connectivity index (χ4n) is 3.46. The van der Waals surface area contributed by atoms with E-state index in [1.807, 2.05) is 4.90 Å². The molecule has 0 spiro atoms. The summed E-state index contributed by atoms with van der Waals surface area (Å²) in [5.41, 5.74) is 0.647. The third-order valence-corrected chi connectivity index (χ3v) is 4.98. The molecule has 23 heavy (non-hydrogen) atoms. The molecule has 1 amide bonds. The van der Waals surface area contributed by atoms with Gasteiger partial charge in [0.15, 0.2) is 0 Å². The van der Waals surface area contributed by atoms with Crippen molar-refractivity contribution in [1.29, 1.82) is 0 Å². The topological polar surface area (TPSA) is 62.7 Å². The fraction of sp³-hybridized carbons (Fsp3) is 0.667. The molecule has 2 fully saturated rings. The molecule has 1 aliphatic heterocycles. The lowest BCUT2D eigenvalue weighted by Gasteiger charge is -2.31. The van der Waals surface area contributed by atoms with E-state index in [4.69, 9.17) is 4.74 Å². The SMILES string of the molecule is O=C(c1ccnc(OC2CCCCC2)c1)N1CCC(CO)CC1. The fourth-order valence-corrected chi connectivity index (χ4v) is 3.46. The van der Waals surface area contributed by atoms with Crippen molar-refractivity contribution in [2.75, 3.05) is 19.7 Å². The average molecular weight is 318 g/mol. The molecule has 1 aliphatic carbocycles. The van der Waals surface area contributed by atoms with E-state index >= 15 is 0 Å². The highest BCUT2D eigenvalue weighted by Crippen LogP contribution is 2.23. The Morgan fingerprint density at radius 1 is 1.22 bits per heavy atom. The number of piperidine rings is 1. The Morgan fingerprint density at radius 3 is 2.65 bits per heavy atom. The Bertz CT molecular complexity index is 521. The van der Waals surface area contributed by atoms with Gasteiger partial charge in [-0.2, -0.15) is 0 Å². The molecule has 2 heterocycles. The van der Waals surface area contributed by atoms with Gasteiger partial charge in [0, 0.05) is 37.5 Å². The van der Waals surface area contributed by atoms with Crippen molar-refractivity contribution >= 4 is 5.91 Å². The molecule has 2 aliphatic rings. The number of carbonyl (C=O) groups excluding carboxylic acids is 1. The van der Waals surface area contributed by atoms with Crippen LogP contribution in [-0.4, -0.2) is 46.7 Å². The highest BCUT2D eigenvalue weighted by molar-refractivity contribution is 5.94. The van der Waals surface area contributed by atoms with Gasteiger partial charge >= 0.3 is 0 Å². The summed E-state index contributed by atoms with van der Waals surface area (Å²) in [5.74, 6) is 0.937. The van der Waals surface area contributed by atoms with E-state index in [1.165, 1.54) is 19.3 Å². The van der Waals surface area contributed by atoms with E-state index in [-0.39, 0.29) is 18.6 Å². The van der Waals surface area contributed by atoms with Crippen LogP contribution in [0.3, 0.4) is 0 Å². The molecule has 5 nitrogen and oxygen atoms in total. The molecule has 1 aromatic rings. The number of nitrogens with zero attached hydrogens (tertiary/aromatic N) is 2. The minimum Gasteiger partial charge on any atom is -0.474 e. The smallest absolute Gasteiger partial charge is 0.254 e. The molecular weight excluding hydrogens is 292 g/mol. The van der Waals surface area contributed by atoms with Crippen molar-refractivity contribution in [2.45, 2.75) is 51.0 Å². The van der Waals surface area contributed by atoms with E-state index < -0.39 is 0 Å². The van der Waals surface area contributed by atoms with Crippen LogP contribution in [0.25, 0.3) is 0 Å². The average Bonchev–Trinajstić information content (AvgIpc) is 2.62. The summed E-state index contributed by atoms with van der Waals surface area (Å²) in [5, 5.41) is 9.20. The maximum absolute atomic E-state index is 12.6. The minimum atomic E-state index is 0.0392. The molecule has 1 saturated carbocycles. The summed E-state index contributed by atoms with van der Waals surface area (Å²) < 4.78 is 5.95. The van der Waals surface area contributed by atoms with Crippen molar-refractivity contribution < 1.29 is 14.6 Å². The van der Waals surface area contributed by atoms with Crippen molar-refractivity contribution in [3.8, 4) is 5.88 Å². The lowest BCUT2D eigenvalue weighted by atomic mass is 9.97. The van der Waals surface area contributed by atoms with Crippen LogP contribution < -0.4 is 4.74 Å². The van der Waals surface area contributed by atoms with Gasteiger partial charge in [-0.3, -0.25) is 4.79 Å². The number of aliphatic hydroxyl groups excluding tert-OH is 1. The Morgan fingerprint density at radius 2 is 1.96 bits per heavy atom. The molecule has 1 N–H and O–H groups in total. The Kier molecular flexibility index (Phi) is 5.49. The van der Waals surface area contributed by atoms with E-state index in [0.717, 1.165) is 25.7 Å². The van der Waals surface area contributed by atoms with Gasteiger partial charge in [0.1, 0.15) is 6.10 Å². The Balaban J connectivity index is 1.61. The molecular formula is C18H26N2O3. The molecule has 3 rings (SSSR count). The van der Waals surface area contributed by atoms with Crippen LogP contribution in [0.2, 0.25) is 0 Å². The first-order chi connectivity index (χ1) is 11.3. The first kappa shape index (κ1) is 16.2. The molecule has 126 valence electrons. The number of hydrogen-bond acceptors (Lipinski definition) is 4. The second-order valence-corrected chi connectivity index (χ2v) is 6.68. The summed E-state index contributed by atoms with van der Waals surface area (Å²) >= 11 is 0. The van der Waals surface area contributed by atoms with Crippen LogP contribution >= 0.6 is 0 Å². The number of hydrogen-bond donors (Lipinski definition) is 1. The van der Waals surface area contributed by atoms with Gasteiger partial charge in [-0.25, -0.2) is 4.98 Å². The monoisotopic (exact) mass is 318 g/mol. The van der Waals surface area contributed by atoms with Gasteiger partial charge < -0.3 is 14.7 Å². The maximum atomic E-state index is 12.6. The van der Waals surface area contributed by atoms with E-state index in [1.54, 1.807) is 18.3 Å². The van der Waals surface area contributed by atoms with Crippen molar-refractivity contribution in [3.63, 3.8) is 0 Å². The number of likely N-dealkylation sites (tertiary alicyclic amines) is 1. The molecule has 0 bridgehead atoms. The van der Waals surface area contributed by atoms with Gasteiger partial charge in [0.2, 0.25) is 5.88 Å². The van der Waals surface area contributed by atoms with Crippen LogP contribution in [0.1, 0.15) is 55.3 Å². The molecule has 1 saturated heterocycles. The molecule has 0 atom stereocenters. The minimum absolute atomic E-state index is 0.0392. The normalized spacial score (nSPS) is 20.5. The highest BCUT2D eigenvalue weighted by Gasteiger charge is 2.24. The van der Waals surface area contributed by atoms with Crippen LogP contribution in [0, 0.1) is 5.92 Å². The zero-order valence-corrected chi connectivity index (χ0v) is 13.6. The largest absolute Gasteiger partial charge is 0.474 e. The zero-order chi connectivity index (χ0) is 16.1. The summed E-state index contributed by atoms with van der Waals surface area (Å²) in [6.45, 7) is 1.65. The lowest BCUT2D eigenvalue weighted by molar-refractivity contribution is 0.0649. The number of carbonyl (C=O) groups is 1. The molecule has 0 unspecified atom stereocenters. The van der Waals surface area contributed by atoms with Crippen LogP contribution in [-0.2, 0) is 0 Å². The molecule has 5 heteroatoms. The van der Waals surface area contributed by atoms with Crippen molar-refractivity contribution in [1.82, 2.24) is 9.88 Å². The second kappa shape index (κ2) is 7.77. The first-order valence-electron chi connectivity index (χ1n) is 8.79. The number of ether oxygens (including phenoxy) is 1. The number of amides is 1. The van der Waals surface area contributed by atoms with E-state index in [9.17, 15) is 9.90 Å². The quantitative estimate of drug-likeness (QED) is 0.927. The maximum Gasteiger partial charge on any atom is 0.254 e. The first-order valence-corrected chi connectivity index (χ1v) is 8.79. The Labute approximate surface area is 137 Å².